The van der Waals surface area contributed by atoms with Crippen molar-refractivity contribution in [2.75, 3.05) is 0 Å². The highest BCUT2D eigenvalue weighted by atomic mass is 32.2. The molecule has 0 spiro atoms. The Morgan fingerprint density at radius 3 is 3.00 bits per heavy atom. The molecule has 0 unspecified atom stereocenters. The first-order valence-corrected chi connectivity index (χ1v) is 6.34. The van der Waals surface area contributed by atoms with Crippen LogP contribution in [0.15, 0.2) is 11.5 Å². The highest BCUT2D eigenvalue weighted by Crippen LogP contribution is 2.28. The lowest BCUT2D eigenvalue weighted by Crippen LogP contribution is -2.18. The minimum absolute atomic E-state index is 0.152. The molecule has 0 radical (unpaired) electrons. The second kappa shape index (κ2) is 4.45. The molecule has 2 rings (SSSR count). The van der Waals surface area contributed by atoms with Gasteiger partial charge in [0.25, 0.3) is 0 Å². The van der Waals surface area contributed by atoms with E-state index in [2.05, 4.69) is 22.2 Å². The third kappa shape index (κ3) is 2.55. The number of thioether (sulfide) groups is 1. The van der Waals surface area contributed by atoms with Crippen LogP contribution in [0.4, 0.5) is 0 Å². The first kappa shape index (κ1) is 11.4. The average molecular weight is 240 g/mol. The van der Waals surface area contributed by atoms with Gasteiger partial charge in [0.1, 0.15) is 22.8 Å². The van der Waals surface area contributed by atoms with Crippen LogP contribution in [0.3, 0.4) is 0 Å². The summed E-state index contributed by atoms with van der Waals surface area (Å²) in [5.41, 5.74) is -0.152. The van der Waals surface area contributed by atoms with Crippen LogP contribution in [0.2, 0.25) is 0 Å². The molecule has 1 aliphatic rings. The van der Waals surface area contributed by atoms with Gasteiger partial charge in [-0.1, -0.05) is 16.9 Å². The van der Waals surface area contributed by atoms with Crippen molar-refractivity contribution >= 4 is 16.8 Å². The van der Waals surface area contributed by atoms with E-state index in [0.29, 0.717) is 0 Å². The maximum Gasteiger partial charge on any atom is 0.138 e. The molecular weight excluding hydrogens is 224 g/mol. The van der Waals surface area contributed by atoms with Crippen LogP contribution in [0, 0.1) is 0 Å². The van der Waals surface area contributed by atoms with E-state index in [9.17, 15) is 0 Å². The largest absolute Gasteiger partial charge is 0.389 e. The Morgan fingerprint density at radius 2 is 2.38 bits per heavy atom. The van der Waals surface area contributed by atoms with Gasteiger partial charge in [-0.15, -0.1) is 0 Å². The maximum absolute atomic E-state index is 5.30. The summed E-state index contributed by atoms with van der Waals surface area (Å²) in [7, 11) is 0. The van der Waals surface area contributed by atoms with Crippen molar-refractivity contribution in [3.8, 4) is 0 Å². The predicted octanol–water partition coefficient (Wildman–Crippen LogP) is 2.04. The predicted molar refractivity (Wildman–Crippen MR) is 64.2 cm³/mol. The number of hydrogen-bond acceptors (Lipinski definition) is 5. The molecule has 0 N–H and O–H groups in total. The summed E-state index contributed by atoms with van der Waals surface area (Å²) in [4.78, 5) is 9.52. The number of aryl methyl sites for hydroxylation is 1. The molecule has 0 aliphatic carbocycles. The van der Waals surface area contributed by atoms with Gasteiger partial charge in [0, 0.05) is 13.0 Å². The fourth-order valence-corrected chi connectivity index (χ4v) is 2.55. The smallest absolute Gasteiger partial charge is 0.138 e. The van der Waals surface area contributed by atoms with Gasteiger partial charge < -0.3 is 4.84 Å². The van der Waals surface area contributed by atoms with Crippen LogP contribution in [0.1, 0.15) is 33.0 Å². The third-order valence-electron chi connectivity index (χ3n) is 2.33. The van der Waals surface area contributed by atoms with Gasteiger partial charge >= 0.3 is 0 Å². The minimum Gasteiger partial charge on any atom is -0.389 e. The minimum atomic E-state index is -0.152. The number of hydrogen-bond donors (Lipinski definition) is 0. The van der Waals surface area contributed by atoms with E-state index in [1.54, 1.807) is 18.1 Å². The van der Waals surface area contributed by atoms with E-state index in [-0.39, 0.29) is 5.60 Å². The Hall–Kier alpha value is -1.04. The molecular formula is C10H16N4OS. The van der Waals surface area contributed by atoms with Crippen molar-refractivity contribution in [2.24, 2.45) is 5.16 Å². The summed E-state index contributed by atoms with van der Waals surface area (Å²) in [6.07, 6.45) is 2.47. The molecule has 88 valence electrons. The van der Waals surface area contributed by atoms with Crippen LogP contribution < -0.4 is 0 Å². The van der Waals surface area contributed by atoms with Crippen molar-refractivity contribution < 1.29 is 4.84 Å². The van der Waals surface area contributed by atoms with Crippen LogP contribution in [0.25, 0.3) is 0 Å². The zero-order chi connectivity index (χ0) is 11.6. The molecule has 1 aliphatic heterocycles. The summed E-state index contributed by atoms with van der Waals surface area (Å²) in [5.74, 6) is 1.78. The lowest BCUT2D eigenvalue weighted by molar-refractivity contribution is 0.0123. The van der Waals surface area contributed by atoms with Gasteiger partial charge in [-0.3, -0.25) is 0 Å². The Balaban J connectivity index is 1.89. The highest BCUT2D eigenvalue weighted by molar-refractivity contribution is 8.13. The second-order valence-corrected chi connectivity index (χ2v) is 5.34. The Labute approximate surface area is 99.3 Å². The Bertz CT molecular complexity index is 399. The standard InChI is InChI=1S/C10H16N4OS/c1-4-14-8(11-7-12-14)6-16-9-5-10(2,3)15-13-9/h7H,4-6H2,1-3H3. The van der Waals surface area contributed by atoms with Crippen LogP contribution in [-0.4, -0.2) is 25.4 Å². The summed E-state index contributed by atoms with van der Waals surface area (Å²) in [6.45, 7) is 6.99. The Morgan fingerprint density at radius 1 is 1.56 bits per heavy atom. The fraction of sp³-hybridized carbons (Fsp3) is 0.700. The highest BCUT2D eigenvalue weighted by Gasteiger charge is 2.29. The molecule has 0 fully saturated rings. The number of aromatic nitrogens is 3. The van der Waals surface area contributed by atoms with E-state index < -0.39 is 0 Å². The van der Waals surface area contributed by atoms with Crippen molar-refractivity contribution in [1.82, 2.24) is 14.8 Å². The maximum atomic E-state index is 5.30. The van der Waals surface area contributed by atoms with E-state index in [1.165, 1.54) is 0 Å². The van der Waals surface area contributed by atoms with Gasteiger partial charge in [-0.25, -0.2) is 9.67 Å². The lowest BCUT2D eigenvalue weighted by Gasteiger charge is -2.12. The van der Waals surface area contributed by atoms with E-state index in [0.717, 1.165) is 29.6 Å². The van der Waals surface area contributed by atoms with E-state index in [4.69, 9.17) is 4.84 Å². The summed E-state index contributed by atoms with van der Waals surface area (Å²) in [5, 5.41) is 9.23. The molecule has 6 heteroatoms. The van der Waals surface area contributed by atoms with Gasteiger partial charge in [0.15, 0.2) is 0 Å². The average Bonchev–Trinajstić information content (AvgIpc) is 2.81. The molecule has 0 amide bonds. The van der Waals surface area contributed by atoms with Gasteiger partial charge in [0.05, 0.1) is 5.75 Å². The van der Waals surface area contributed by atoms with Crippen LogP contribution >= 0.6 is 11.8 Å². The van der Waals surface area contributed by atoms with E-state index >= 15 is 0 Å². The van der Waals surface area contributed by atoms with Crippen LogP contribution in [-0.2, 0) is 17.1 Å². The normalized spacial score (nSPS) is 18.3. The number of rotatable bonds is 3. The quantitative estimate of drug-likeness (QED) is 0.811. The topological polar surface area (TPSA) is 52.3 Å². The van der Waals surface area contributed by atoms with Crippen molar-refractivity contribution in [3.05, 3.63) is 12.2 Å². The first-order valence-electron chi connectivity index (χ1n) is 5.35. The Kier molecular flexibility index (Phi) is 3.18. The molecule has 0 saturated heterocycles. The van der Waals surface area contributed by atoms with Gasteiger partial charge in [0.2, 0.25) is 0 Å². The lowest BCUT2D eigenvalue weighted by atomic mass is 10.1. The number of nitrogens with zero attached hydrogens (tertiary/aromatic N) is 4. The zero-order valence-corrected chi connectivity index (χ0v) is 10.6. The molecule has 2 heterocycles. The molecule has 16 heavy (non-hydrogen) atoms. The third-order valence-corrected chi connectivity index (χ3v) is 3.29. The summed E-state index contributed by atoms with van der Waals surface area (Å²) < 4.78 is 1.90. The van der Waals surface area contributed by atoms with Crippen molar-refractivity contribution in [3.63, 3.8) is 0 Å². The molecule has 1 aromatic rings. The fourth-order valence-electron chi connectivity index (χ4n) is 1.49. The SMILES string of the molecule is CCn1ncnc1CSC1=NOC(C)(C)C1. The zero-order valence-electron chi connectivity index (χ0n) is 9.80. The van der Waals surface area contributed by atoms with E-state index in [1.807, 2.05) is 18.5 Å². The molecule has 0 saturated carbocycles. The van der Waals surface area contributed by atoms with Gasteiger partial charge in [-0.05, 0) is 20.8 Å². The van der Waals surface area contributed by atoms with Crippen molar-refractivity contribution in [1.29, 1.82) is 0 Å². The molecule has 5 nitrogen and oxygen atoms in total. The molecule has 0 bridgehead atoms. The van der Waals surface area contributed by atoms with Crippen molar-refractivity contribution in [2.45, 2.75) is 45.1 Å². The monoisotopic (exact) mass is 240 g/mol. The summed E-state index contributed by atoms with van der Waals surface area (Å²) >= 11 is 1.68. The molecule has 0 aromatic carbocycles. The molecule has 1 aromatic heterocycles. The second-order valence-electron chi connectivity index (χ2n) is 4.29. The van der Waals surface area contributed by atoms with Gasteiger partial charge in [-0.2, -0.15) is 5.10 Å². The summed E-state index contributed by atoms with van der Waals surface area (Å²) in [6, 6.07) is 0. The molecule has 0 atom stereocenters. The van der Waals surface area contributed by atoms with Crippen LogP contribution in [0.5, 0.6) is 0 Å². The number of oxime groups is 1. The first-order chi connectivity index (χ1) is 7.61.